The molecule has 0 radical (unpaired) electrons. The summed E-state index contributed by atoms with van der Waals surface area (Å²) in [5.41, 5.74) is 1.21. The van der Waals surface area contributed by atoms with Gasteiger partial charge in [0.1, 0.15) is 11.7 Å². The fourth-order valence-corrected chi connectivity index (χ4v) is 2.44. The summed E-state index contributed by atoms with van der Waals surface area (Å²) in [6.07, 6.45) is 2.07. The highest BCUT2D eigenvalue weighted by Gasteiger charge is 2.16. The summed E-state index contributed by atoms with van der Waals surface area (Å²) in [5, 5.41) is 1.12. The van der Waals surface area contributed by atoms with Crippen molar-refractivity contribution >= 4 is 28.9 Å². The zero-order valence-corrected chi connectivity index (χ0v) is 8.94. The molecule has 0 N–H and O–H groups in total. The van der Waals surface area contributed by atoms with E-state index in [9.17, 15) is 0 Å². The molecule has 1 aromatic rings. The summed E-state index contributed by atoms with van der Waals surface area (Å²) in [4.78, 5) is 4.44. The Kier molecular flexibility index (Phi) is 2.93. The number of benzene rings is 1. The van der Waals surface area contributed by atoms with E-state index in [2.05, 4.69) is 27.1 Å². The van der Waals surface area contributed by atoms with E-state index < -0.39 is 0 Å². The van der Waals surface area contributed by atoms with Crippen molar-refractivity contribution in [2.45, 2.75) is 0 Å². The lowest BCUT2D eigenvalue weighted by molar-refractivity contribution is 0.788. The average molecular weight is 210 g/mol. The van der Waals surface area contributed by atoms with Gasteiger partial charge < -0.3 is 0 Å². The molecule has 2 nitrogen and oxygen atoms in total. The van der Waals surface area contributed by atoms with Gasteiger partial charge in [-0.25, -0.2) is 0 Å². The predicted molar refractivity (Wildman–Crippen MR) is 60.8 cm³/mol. The van der Waals surface area contributed by atoms with E-state index in [1.807, 2.05) is 18.2 Å². The molecular formula is C9H10N2S2. The minimum absolute atomic E-state index is 0.788. The lowest BCUT2D eigenvalue weighted by Gasteiger charge is -2.06. The molecule has 0 bridgehead atoms. The normalized spacial score (nSPS) is 17.5. The summed E-state index contributed by atoms with van der Waals surface area (Å²) in [7, 11) is 0. The van der Waals surface area contributed by atoms with E-state index in [4.69, 9.17) is 0 Å². The van der Waals surface area contributed by atoms with Crippen LogP contribution in [0.15, 0.2) is 35.3 Å². The van der Waals surface area contributed by atoms with Crippen LogP contribution in [0.2, 0.25) is 0 Å². The van der Waals surface area contributed by atoms with Crippen LogP contribution in [0.4, 0.5) is 0 Å². The SMILES string of the molecule is CSN1CN=C(c2ccccc2)S1. The maximum atomic E-state index is 4.44. The first-order valence-electron chi connectivity index (χ1n) is 3.99. The largest absolute Gasteiger partial charge is 0.259 e. The molecule has 1 aromatic carbocycles. The summed E-state index contributed by atoms with van der Waals surface area (Å²) in [6.45, 7) is 0.788. The molecule has 0 unspecified atom stereocenters. The highest BCUT2D eigenvalue weighted by atomic mass is 32.2. The lowest BCUT2D eigenvalue weighted by Crippen LogP contribution is -1.99. The highest BCUT2D eigenvalue weighted by Crippen LogP contribution is 2.29. The Morgan fingerprint density at radius 1 is 1.38 bits per heavy atom. The molecule has 2 rings (SSSR count). The fraction of sp³-hybridized carbons (Fsp3) is 0.222. The summed E-state index contributed by atoms with van der Waals surface area (Å²) in [5.74, 6) is 0. The molecule has 1 aliphatic rings. The van der Waals surface area contributed by atoms with Crippen LogP contribution in [0.5, 0.6) is 0 Å². The molecule has 0 saturated heterocycles. The topological polar surface area (TPSA) is 15.6 Å². The van der Waals surface area contributed by atoms with Gasteiger partial charge in [-0.3, -0.25) is 4.99 Å². The van der Waals surface area contributed by atoms with Gasteiger partial charge in [0.2, 0.25) is 0 Å². The third kappa shape index (κ3) is 2.07. The van der Waals surface area contributed by atoms with Crippen LogP contribution in [0.3, 0.4) is 0 Å². The van der Waals surface area contributed by atoms with Gasteiger partial charge in [-0.1, -0.05) is 42.3 Å². The van der Waals surface area contributed by atoms with Crippen molar-refractivity contribution in [1.82, 2.24) is 3.71 Å². The van der Waals surface area contributed by atoms with Gasteiger partial charge >= 0.3 is 0 Å². The molecule has 4 heteroatoms. The number of hydrogen-bond acceptors (Lipinski definition) is 4. The average Bonchev–Trinajstić information content (AvgIpc) is 2.67. The first kappa shape index (κ1) is 9.12. The van der Waals surface area contributed by atoms with Gasteiger partial charge in [-0.2, -0.15) is 3.71 Å². The third-order valence-electron chi connectivity index (χ3n) is 1.74. The van der Waals surface area contributed by atoms with Gasteiger partial charge in [-0.05, 0) is 18.2 Å². The highest BCUT2D eigenvalue weighted by molar-refractivity contribution is 8.20. The number of hydrogen-bond donors (Lipinski definition) is 0. The van der Waals surface area contributed by atoms with Crippen molar-refractivity contribution in [2.75, 3.05) is 12.9 Å². The van der Waals surface area contributed by atoms with E-state index in [0.717, 1.165) is 11.7 Å². The Bertz CT molecular complexity index is 311. The molecule has 0 spiro atoms. The zero-order chi connectivity index (χ0) is 9.10. The molecule has 0 amide bonds. The van der Waals surface area contributed by atoms with Gasteiger partial charge in [0.25, 0.3) is 0 Å². The van der Waals surface area contributed by atoms with Crippen molar-refractivity contribution in [1.29, 1.82) is 0 Å². The van der Waals surface area contributed by atoms with Crippen LogP contribution in [0.1, 0.15) is 5.56 Å². The molecule has 0 atom stereocenters. The third-order valence-corrected chi connectivity index (χ3v) is 3.79. The van der Waals surface area contributed by atoms with Crippen LogP contribution in [0, 0.1) is 0 Å². The maximum absolute atomic E-state index is 4.44. The molecule has 0 aliphatic carbocycles. The first-order valence-corrected chi connectivity index (χ1v) is 5.95. The quantitative estimate of drug-likeness (QED) is 0.698. The number of aliphatic imine (C=N–C) groups is 1. The Morgan fingerprint density at radius 2 is 2.15 bits per heavy atom. The monoisotopic (exact) mass is 210 g/mol. The van der Waals surface area contributed by atoms with E-state index >= 15 is 0 Å². The molecule has 0 fully saturated rings. The summed E-state index contributed by atoms with van der Waals surface area (Å²) in [6, 6.07) is 10.3. The number of rotatable bonds is 2. The first-order chi connectivity index (χ1) is 6.40. The van der Waals surface area contributed by atoms with Gasteiger partial charge in [0, 0.05) is 5.56 Å². The van der Waals surface area contributed by atoms with Crippen molar-refractivity contribution < 1.29 is 0 Å². The Labute approximate surface area is 86.7 Å². The van der Waals surface area contributed by atoms with Gasteiger partial charge in [0.05, 0.1) is 0 Å². The molecule has 13 heavy (non-hydrogen) atoms. The van der Waals surface area contributed by atoms with Crippen LogP contribution in [0.25, 0.3) is 0 Å². The van der Waals surface area contributed by atoms with E-state index in [1.54, 1.807) is 23.9 Å². The standard InChI is InChI=1S/C9H10N2S2/c1-12-11-7-10-9(13-11)8-5-3-2-4-6-8/h2-6H,7H2,1H3. The Balaban J connectivity index is 2.12. The smallest absolute Gasteiger partial charge is 0.115 e. The van der Waals surface area contributed by atoms with Gasteiger partial charge in [0.15, 0.2) is 0 Å². The predicted octanol–water partition coefficient (Wildman–Crippen LogP) is 2.63. The molecule has 68 valence electrons. The molecule has 1 heterocycles. The Morgan fingerprint density at radius 3 is 2.77 bits per heavy atom. The molecule has 0 saturated carbocycles. The second-order valence-corrected chi connectivity index (χ2v) is 4.62. The number of nitrogens with zero attached hydrogens (tertiary/aromatic N) is 2. The fourth-order valence-electron chi connectivity index (χ4n) is 1.10. The summed E-state index contributed by atoms with van der Waals surface area (Å²) >= 11 is 3.42. The van der Waals surface area contributed by atoms with E-state index in [1.165, 1.54) is 5.56 Å². The lowest BCUT2D eigenvalue weighted by atomic mass is 10.2. The van der Waals surface area contributed by atoms with E-state index in [0.29, 0.717) is 0 Å². The molecule has 0 aromatic heterocycles. The van der Waals surface area contributed by atoms with Crippen molar-refractivity contribution in [3.8, 4) is 0 Å². The van der Waals surface area contributed by atoms with Crippen molar-refractivity contribution in [2.24, 2.45) is 4.99 Å². The summed E-state index contributed by atoms with van der Waals surface area (Å²) < 4.78 is 2.16. The second kappa shape index (κ2) is 4.17. The van der Waals surface area contributed by atoms with Crippen LogP contribution in [-0.4, -0.2) is 21.7 Å². The zero-order valence-electron chi connectivity index (χ0n) is 7.30. The molecular weight excluding hydrogens is 200 g/mol. The van der Waals surface area contributed by atoms with Crippen molar-refractivity contribution in [3.63, 3.8) is 0 Å². The maximum Gasteiger partial charge on any atom is 0.115 e. The van der Waals surface area contributed by atoms with Crippen molar-refractivity contribution in [3.05, 3.63) is 35.9 Å². The van der Waals surface area contributed by atoms with Crippen LogP contribution in [-0.2, 0) is 0 Å². The van der Waals surface area contributed by atoms with Crippen LogP contribution < -0.4 is 0 Å². The second-order valence-electron chi connectivity index (χ2n) is 2.58. The van der Waals surface area contributed by atoms with E-state index in [-0.39, 0.29) is 0 Å². The molecule has 1 aliphatic heterocycles. The minimum Gasteiger partial charge on any atom is -0.259 e. The van der Waals surface area contributed by atoms with Gasteiger partial charge in [-0.15, -0.1) is 0 Å². The minimum atomic E-state index is 0.788. The Hall–Kier alpha value is -0.450. The van der Waals surface area contributed by atoms with Crippen LogP contribution >= 0.6 is 23.9 Å².